The largest absolute Gasteiger partial charge is 0.500 e. The maximum Gasteiger partial charge on any atom is 0.500 e. The molecule has 0 N–H and O–H groups in total. The monoisotopic (exact) mass is 268 g/mol. The van der Waals surface area contributed by atoms with Crippen LogP contribution in [0.2, 0.25) is 12.1 Å². The van der Waals surface area contributed by atoms with Crippen LogP contribution in [0.5, 0.6) is 0 Å². The van der Waals surface area contributed by atoms with Gasteiger partial charge in [-0.15, -0.1) is 0 Å². The van der Waals surface area contributed by atoms with Crippen LogP contribution in [0.1, 0.15) is 20.8 Å². The Balaban J connectivity index is 4.18. The lowest BCUT2D eigenvalue weighted by Gasteiger charge is -2.28. The van der Waals surface area contributed by atoms with E-state index in [2.05, 4.69) is 0 Å². The molecular weight excluding hydrogens is 244 g/mol. The Morgan fingerprint density at radius 1 is 1.00 bits per heavy atom. The van der Waals surface area contributed by atoms with Crippen molar-refractivity contribution in [3.63, 3.8) is 0 Å². The van der Waals surface area contributed by atoms with E-state index >= 15 is 0 Å². The normalized spacial score (nSPS) is 13.0. The van der Waals surface area contributed by atoms with Gasteiger partial charge in [0.2, 0.25) is 0 Å². The van der Waals surface area contributed by atoms with E-state index in [1.54, 1.807) is 0 Å². The number of hydrogen-bond acceptors (Lipinski definition) is 4. The summed E-state index contributed by atoms with van der Waals surface area (Å²) in [7, 11) is -1.86. The summed E-state index contributed by atoms with van der Waals surface area (Å²) in [6.45, 7) is 7.95. The molecule has 0 aromatic rings. The van der Waals surface area contributed by atoms with Crippen molar-refractivity contribution in [2.24, 2.45) is 0 Å². The molecule has 0 rings (SSSR count). The molecule has 0 heterocycles. The summed E-state index contributed by atoms with van der Waals surface area (Å²) in [6.07, 6.45) is 0. The van der Waals surface area contributed by atoms with Crippen molar-refractivity contribution < 1.29 is 17.4 Å². The Morgan fingerprint density at radius 3 is 1.80 bits per heavy atom. The molecule has 0 spiro atoms. The van der Waals surface area contributed by atoms with Crippen LogP contribution in [0.25, 0.3) is 0 Å². The molecule has 0 atom stereocenters. The first-order chi connectivity index (χ1) is 7.24. The summed E-state index contributed by atoms with van der Waals surface area (Å²) >= 11 is 0. The summed E-state index contributed by atoms with van der Waals surface area (Å²) in [5.74, 6) is 0. The van der Waals surface area contributed by atoms with E-state index in [9.17, 15) is 0 Å². The fraction of sp³-hybridized carbons (Fsp3) is 1.00. The summed E-state index contributed by atoms with van der Waals surface area (Å²) in [6, 6.07) is 2.01. The van der Waals surface area contributed by atoms with E-state index in [1.807, 2.05) is 20.8 Å². The van der Waals surface area contributed by atoms with Gasteiger partial charge in [0, 0.05) is 25.9 Å². The van der Waals surface area contributed by atoms with Crippen LogP contribution in [0.15, 0.2) is 0 Å². The Bertz CT molecular complexity index is 131. The van der Waals surface area contributed by atoms with Crippen molar-refractivity contribution in [2.45, 2.75) is 32.9 Å². The highest BCUT2D eigenvalue weighted by atomic mass is 28.4. The van der Waals surface area contributed by atoms with Crippen molar-refractivity contribution in [3.05, 3.63) is 0 Å². The first-order valence-corrected chi connectivity index (χ1v) is 9.98. The standard InChI is InChI=1S/C8H24O4Si3/c1-4-9-15(10-5-2,11-6-3)8-7-14-12-13/h4-8,14H2,1-3,13H3. The molecule has 7 heteroatoms. The van der Waals surface area contributed by atoms with Gasteiger partial charge in [0.05, 0.1) is 0 Å². The molecule has 0 aliphatic carbocycles. The minimum atomic E-state index is -2.36. The molecule has 0 saturated carbocycles. The molecule has 0 aromatic carbocycles. The van der Waals surface area contributed by atoms with E-state index < -0.39 is 8.80 Å². The van der Waals surface area contributed by atoms with Gasteiger partial charge in [-0.1, -0.05) is 0 Å². The van der Waals surface area contributed by atoms with Crippen LogP contribution in [0, 0.1) is 0 Å². The van der Waals surface area contributed by atoms with E-state index in [4.69, 9.17) is 17.4 Å². The Kier molecular flexibility index (Phi) is 10.0. The highest BCUT2D eigenvalue weighted by molar-refractivity contribution is 6.61. The molecule has 4 nitrogen and oxygen atoms in total. The molecule has 0 aliphatic rings. The molecule has 0 bridgehead atoms. The van der Waals surface area contributed by atoms with Crippen LogP contribution in [-0.2, 0) is 17.4 Å². The van der Waals surface area contributed by atoms with Crippen LogP contribution < -0.4 is 0 Å². The zero-order valence-corrected chi connectivity index (χ0v) is 14.8. The fourth-order valence-electron chi connectivity index (χ4n) is 1.43. The van der Waals surface area contributed by atoms with Gasteiger partial charge >= 0.3 is 8.80 Å². The van der Waals surface area contributed by atoms with Crippen molar-refractivity contribution >= 4 is 29.1 Å². The molecule has 92 valence electrons. The zero-order chi connectivity index (χ0) is 11.6. The summed E-state index contributed by atoms with van der Waals surface area (Å²) in [5, 5.41) is 0. The maximum atomic E-state index is 5.73. The predicted octanol–water partition coefficient (Wildman–Crippen LogP) is -0.166. The van der Waals surface area contributed by atoms with Crippen LogP contribution in [-0.4, -0.2) is 48.9 Å². The van der Waals surface area contributed by atoms with Crippen LogP contribution >= 0.6 is 0 Å². The molecule has 0 radical (unpaired) electrons. The average molecular weight is 269 g/mol. The first kappa shape index (κ1) is 15.5. The highest BCUT2D eigenvalue weighted by Gasteiger charge is 2.39. The number of hydrogen-bond donors (Lipinski definition) is 0. The van der Waals surface area contributed by atoms with Crippen molar-refractivity contribution in [3.8, 4) is 0 Å². The van der Waals surface area contributed by atoms with Gasteiger partial charge in [0.1, 0.15) is 20.2 Å². The lowest BCUT2D eigenvalue weighted by molar-refractivity contribution is 0.0725. The summed E-state index contributed by atoms with van der Waals surface area (Å²) < 4.78 is 22.5. The molecule has 15 heavy (non-hydrogen) atoms. The highest BCUT2D eigenvalue weighted by Crippen LogP contribution is 2.18. The van der Waals surface area contributed by atoms with Gasteiger partial charge in [-0.05, 0) is 26.8 Å². The molecule has 0 aliphatic heterocycles. The third kappa shape index (κ3) is 6.61. The summed E-state index contributed by atoms with van der Waals surface area (Å²) in [4.78, 5) is 0. The second kappa shape index (κ2) is 9.70. The molecular formula is C8H24O4Si3. The lowest BCUT2D eigenvalue weighted by Crippen LogP contribution is -2.46. The Hall–Kier alpha value is 0.491. The lowest BCUT2D eigenvalue weighted by atomic mass is 10.9. The third-order valence-corrected chi connectivity index (χ3v) is 8.06. The van der Waals surface area contributed by atoms with E-state index in [0.717, 1.165) is 22.6 Å². The minimum absolute atomic E-state index is 0.353. The molecule has 0 fully saturated rings. The van der Waals surface area contributed by atoms with Gasteiger partial charge in [0.25, 0.3) is 0 Å². The summed E-state index contributed by atoms with van der Waals surface area (Å²) in [5.41, 5.74) is 0. The van der Waals surface area contributed by atoms with E-state index in [-0.39, 0.29) is 9.76 Å². The smallest absolute Gasteiger partial charge is 0.468 e. The zero-order valence-electron chi connectivity index (χ0n) is 10.4. The minimum Gasteiger partial charge on any atom is -0.468 e. The second-order valence-corrected chi connectivity index (χ2v) is 9.24. The average Bonchev–Trinajstić information content (AvgIpc) is 2.19. The third-order valence-electron chi connectivity index (χ3n) is 1.92. The van der Waals surface area contributed by atoms with Gasteiger partial charge in [-0.2, -0.15) is 0 Å². The molecule has 0 aromatic heterocycles. The Labute approximate surface area is 99.5 Å². The van der Waals surface area contributed by atoms with Crippen molar-refractivity contribution in [2.75, 3.05) is 19.8 Å². The Morgan fingerprint density at radius 2 is 1.47 bits per heavy atom. The number of rotatable bonds is 10. The first-order valence-electron chi connectivity index (χ1n) is 5.65. The topological polar surface area (TPSA) is 36.9 Å². The van der Waals surface area contributed by atoms with Gasteiger partial charge in [-0.25, -0.2) is 0 Å². The molecule has 0 saturated heterocycles. The van der Waals surface area contributed by atoms with Gasteiger partial charge in [0.15, 0.2) is 0 Å². The van der Waals surface area contributed by atoms with Crippen molar-refractivity contribution in [1.82, 2.24) is 0 Å². The van der Waals surface area contributed by atoms with Gasteiger partial charge < -0.3 is 17.4 Å². The predicted molar refractivity (Wildman–Crippen MR) is 69.8 cm³/mol. The second-order valence-electron chi connectivity index (χ2n) is 3.08. The molecule has 0 unspecified atom stereocenters. The van der Waals surface area contributed by atoms with Crippen LogP contribution in [0.3, 0.4) is 0 Å². The fourth-order valence-corrected chi connectivity index (χ4v) is 6.90. The quantitative estimate of drug-likeness (QED) is 0.407. The van der Waals surface area contributed by atoms with Crippen molar-refractivity contribution in [1.29, 1.82) is 0 Å². The van der Waals surface area contributed by atoms with Crippen LogP contribution in [0.4, 0.5) is 0 Å². The van der Waals surface area contributed by atoms with E-state index in [0.29, 0.717) is 19.8 Å². The van der Waals surface area contributed by atoms with E-state index in [1.165, 1.54) is 0 Å². The van der Waals surface area contributed by atoms with Gasteiger partial charge in [-0.3, -0.25) is 0 Å². The SMILES string of the molecule is CCO[Si](CC[SiH2]O[SiH3])(OCC)OCC. The molecule has 0 amide bonds. The maximum absolute atomic E-state index is 5.73.